The SMILES string of the molecule is CCOc1cc2c(c(F)c1OCC)C(=N)N(CC(=O)c1cc(N3CCN(C(C)=O)CC3)c(OC)c(C(C)(C)C)c1)C2. The standard InChI is InChI=1S/C31H41FN4O5/c1-8-40-25-16-21-17-36(30(33)26(21)27(32)29(25)41-9-2)18-24(38)20-14-22(31(4,5)6)28(39-7)23(15-20)35-12-10-34(11-13-35)19(3)37/h14-16,33H,8-13,17-18H2,1-7H3. The van der Waals surface area contributed by atoms with Crippen LogP contribution in [0.3, 0.4) is 0 Å². The second kappa shape index (κ2) is 12.0. The van der Waals surface area contributed by atoms with Crippen LogP contribution in [0.5, 0.6) is 17.2 Å². The Morgan fingerprint density at radius 3 is 2.22 bits per heavy atom. The van der Waals surface area contributed by atoms with Gasteiger partial charge in [-0.15, -0.1) is 0 Å². The molecule has 4 rings (SSSR count). The van der Waals surface area contributed by atoms with Gasteiger partial charge < -0.3 is 28.9 Å². The van der Waals surface area contributed by atoms with Crippen molar-refractivity contribution >= 4 is 23.2 Å². The fourth-order valence-corrected chi connectivity index (χ4v) is 5.47. The van der Waals surface area contributed by atoms with E-state index in [-0.39, 0.29) is 54.0 Å². The van der Waals surface area contributed by atoms with E-state index in [1.54, 1.807) is 31.9 Å². The molecule has 1 saturated heterocycles. The van der Waals surface area contributed by atoms with Crippen molar-refractivity contribution in [2.75, 3.05) is 57.9 Å². The Morgan fingerprint density at radius 1 is 1.00 bits per heavy atom. The van der Waals surface area contributed by atoms with Crippen molar-refractivity contribution in [3.8, 4) is 17.2 Å². The Labute approximate surface area is 241 Å². The van der Waals surface area contributed by atoms with Gasteiger partial charge in [-0.2, -0.15) is 0 Å². The number of carbonyl (C=O) groups is 2. The smallest absolute Gasteiger partial charge is 0.219 e. The Hall–Kier alpha value is -3.82. The second-order valence-corrected chi connectivity index (χ2v) is 11.4. The Balaban J connectivity index is 1.65. The number of Topliss-reactive ketones (excluding diaryl/α,β-unsaturated/α-hetero) is 1. The largest absolute Gasteiger partial charge is 0.494 e. The van der Waals surface area contributed by atoms with Crippen LogP contribution in [0, 0.1) is 11.2 Å². The van der Waals surface area contributed by atoms with E-state index in [2.05, 4.69) is 25.7 Å². The lowest BCUT2D eigenvalue weighted by Gasteiger charge is -2.37. The molecule has 222 valence electrons. The highest BCUT2D eigenvalue weighted by atomic mass is 19.1. The van der Waals surface area contributed by atoms with Gasteiger partial charge in [0, 0.05) is 50.8 Å². The summed E-state index contributed by atoms with van der Waals surface area (Å²) < 4.78 is 32.6. The van der Waals surface area contributed by atoms with Crippen molar-refractivity contribution < 1.29 is 28.2 Å². The first-order chi connectivity index (χ1) is 19.4. The van der Waals surface area contributed by atoms with Crippen molar-refractivity contribution in [2.24, 2.45) is 0 Å². The number of hydrogen-bond acceptors (Lipinski definition) is 7. The van der Waals surface area contributed by atoms with Gasteiger partial charge in [0.15, 0.2) is 23.1 Å². The lowest BCUT2D eigenvalue weighted by atomic mass is 9.84. The molecule has 1 fully saturated rings. The highest BCUT2D eigenvalue weighted by Crippen LogP contribution is 2.42. The summed E-state index contributed by atoms with van der Waals surface area (Å²) in [4.78, 5) is 31.2. The maximum atomic E-state index is 15.5. The molecule has 2 aliphatic rings. The molecule has 0 aliphatic carbocycles. The van der Waals surface area contributed by atoms with Crippen LogP contribution in [0.4, 0.5) is 10.1 Å². The van der Waals surface area contributed by atoms with Gasteiger partial charge in [-0.25, -0.2) is 4.39 Å². The fraction of sp³-hybridized carbons (Fsp3) is 0.516. The Bertz CT molecular complexity index is 1350. The number of benzene rings is 2. The average Bonchev–Trinajstić information content (AvgIpc) is 3.24. The van der Waals surface area contributed by atoms with Crippen molar-refractivity contribution in [3.05, 3.63) is 46.3 Å². The van der Waals surface area contributed by atoms with E-state index in [1.807, 2.05) is 24.0 Å². The summed E-state index contributed by atoms with van der Waals surface area (Å²) in [6.07, 6.45) is 0. The van der Waals surface area contributed by atoms with Crippen LogP contribution >= 0.6 is 0 Å². The molecule has 1 amide bonds. The molecule has 0 bridgehead atoms. The molecule has 2 heterocycles. The van der Waals surface area contributed by atoms with E-state index in [0.717, 1.165) is 11.3 Å². The number of amides is 1. The third-order valence-corrected chi connectivity index (χ3v) is 7.58. The number of carbonyl (C=O) groups excluding carboxylic acids is 2. The minimum absolute atomic E-state index is 0.00879. The lowest BCUT2D eigenvalue weighted by molar-refractivity contribution is -0.129. The normalized spacial score (nSPS) is 15.2. The van der Waals surface area contributed by atoms with E-state index in [1.165, 1.54) is 0 Å². The van der Waals surface area contributed by atoms with Gasteiger partial charge in [0.25, 0.3) is 0 Å². The maximum absolute atomic E-state index is 15.5. The zero-order valence-corrected chi connectivity index (χ0v) is 25.1. The average molecular weight is 569 g/mol. The first kappa shape index (κ1) is 30.1. The molecule has 0 radical (unpaired) electrons. The first-order valence-electron chi connectivity index (χ1n) is 14.1. The first-order valence-corrected chi connectivity index (χ1v) is 14.1. The number of rotatable bonds is 9. The van der Waals surface area contributed by atoms with Crippen molar-refractivity contribution in [3.63, 3.8) is 0 Å². The van der Waals surface area contributed by atoms with Gasteiger partial charge in [-0.3, -0.25) is 15.0 Å². The topological polar surface area (TPSA) is 95.4 Å². The number of ether oxygens (including phenoxy) is 3. The molecule has 0 spiro atoms. The minimum Gasteiger partial charge on any atom is -0.494 e. The van der Waals surface area contributed by atoms with E-state index in [4.69, 9.17) is 19.6 Å². The molecule has 9 nitrogen and oxygen atoms in total. The molecule has 1 N–H and O–H groups in total. The fourth-order valence-electron chi connectivity index (χ4n) is 5.47. The predicted molar refractivity (Wildman–Crippen MR) is 156 cm³/mol. The molecule has 41 heavy (non-hydrogen) atoms. The van der Waals surface area contributed by atoms with E-state index in [0.29, 0.717) is 55.4 Å². The zero-order valence-electron chi connectivity index (χ0n) is 25.1. The van der Waals surface area contributed by atoms with Gasteiger partial charge >= 0.3 is 0 Å². The highest BCUT2D eigenvalue weighted by molar-refractivity contribution is 6.06. The van der Waals surface area contributed by atoms with E-state index in [9.17, 15) is 9.59 Å². The van der Waals surface area contributed by atoms with Gasteiger partial charge in [-0.1, -0.05) is 20.8 Å². The van der Waals surface area contributed by atoms with Gasteiger partial charge in [0.05, 0.1) is 38.1 Å². The van der Waals surface area contributed by atoms with Crippen LogP contribution < -0.4 is 19.1 Å². The van der Waals surface area contributed by atoms with E-state index >= 15 is 4.39 Å². The molecule has 2 aliphatic heterocycles. The number of hydrogen-bond donors (Lipinski definition) is 1. The number of piperazine rings is 1. The van der Waals surface area contributed by atoms with E-state index < -0.39 is 5.82 Å². The second-order valence-electron chi connectivity index (χ2n) is 11.4. The molecule has 0 atom stereocenters. The third-order valence-electron chi connectivity index (χ3n) is 7.58. The summed E-state index contributed by atoms with van der Waals surface area (Å²) in [7, 11) is 1.63. The zero-order chi connectivity index (χ0) is 30.1. The highest BCUT2D eigenvalue weighted by Gasteiger charge is 2.34. The van der Waals surface area contributed by atoms with Crippen LogP contribution in [0.25, 0.3) is 0 Å². The number of nitrogens with zero attached hydrogens (tertiary/aromatic N) is 3. The van der Waals surface area contributed by atoms with Crippen LogP contribution in [-0.4, -0.2) is 80.4 Å². The number of nitrogens with one attached hydrogen (secondary N) is 1. The molecule has 0 saturated carbocycles. The minimum atomic E-state index is -0.640. The summed E-state index contributed by atoms with van der Waals surface area (Å²) in [6.45, 7) is 14.5. The summed E-state index contributed by atoms with van der Waals surface area (Å²) in [6, 6.07) is 5.41. The van der Waals surface area contributed by atoms with Crippen LogP contribution in [0.2, 0.25) is 0 Å². The van der Waals surface area contributed by atoms with Crippen molar-refractivity contribution in [2.45, 2.75) is 53.5 Å². The number of ketones is 1. The monoisotopic (exact) mass is 568 g/mol. The van der Waals surface area contributed by atoms with Crippen LogP contribution in [-0.2, 0) is 16.8 Å². The van der Waals surface area contributed by atoms with Gasteiger partial charge in [0.1, 0.15) is 11.6 Å². The Morgan fingerprint density at radius 2 is 1.66 bits per heavy atom. The van der Waals surface area contributed by atoms with Crippen molar-refractivity contribution in [1.82, 2.24) is 9.80 Å². The summed E-state index contributed by atoms with van der Waals surface area (Å²) in [5, 5.41) is 8.72. The third kappa shape index (κ3) is 5.96. The lowest BCUT2D eigenvalue weighted by Crippen LogP contribution is -2.48. The maximum Gasteiger partial charge on any atom is 0.219 e. The molecular formula is C31H41FN4O5. The van der Waals surface area contributed by atoms with Gasteiger partial charge in [0.2, 0.25) is 5.91 Å². The van der Waals surface area contributed by atoms with Crippen LogP contribution in [0.15, 0.2) is 18.2 Å². The Kier molecular flexibility index (Phi) is 8.80. The number of amidine groups is 1. The van der Waals surface area contributed by atoms with Gasteiger partial charge in [-0.05, 0) is 43.0 Å². The summed E-state index contributed by atoms with van der Waals surface area (Å²) in [5.41, 5.74) is 2.60. The molecule has 2 aromatic carbocycles. The molecule has 0 unspecified atom stereocenters. The summed E-state index contributed by atoms with van der Waals surface area (Å²) in [5.74, 6) is 0.161. The predicted octanol–water partition coefficient (Wildman–Crippen LogP) is 4.62. The van der Waals surface area contributed by atoms with Crippen molar-refractivity contribution in [1.29, 1.82) is 5.41 Å². The quantitative estimate of drug-likeness (QED) is 0.441. The molecule has 2 aromatic rings. The number of anilines is 1. The number of fused-ring (bicyclic) bond motifs is 1. The number of halogens is 1. The summed E-state index contributed by atoms with van der Waals surface area (Å²) >= 11 is 0. The van der Waals surface area contributed by atoms with Crippen LogP contribution in [0.1, 0.15) is 68.6 Å². The number of methoxy groups -OCH3 is 1. The molecule has 0 aromatic heterocycles. The molecular weight excluding hydrogens is 527 g/mol. The molecule has 10 heteroatoms.